The summed E-state index contributed by atoms with van der Waals surface area (Å²) >= 11 is 5.24. The molecule has 132 valence electrons. The number of fused-ring (bicyclic) bond motifs is 3. The number of amides is 1. The fourth-order valence-corrected chi connectivity index (χ4v) is 5.48. The van der Waals surface area contributed by atoms with Crippen LogP contribution < -0.4 is 10.6 Å². The van der Waals surface area contributed by atoms with Gasteiger partial charge in [-0.2, -0.15) is 0 Å². The molecule has 3 nitrogen and oxygen atoms in total. The molecule has 1 amide bonds. The van der Waals surface area contributed by atoms with Gasteiger partial charge in [-0.15, -0.1) is 11.3 Å². The van der Waals surface area contributed by atoms with E-state index in [1.165, 1.54) is 16.9 Å². The molecule has 0 saturated heterocycles. The second-order valence-electron chi connectivity index (χ2n) is 8.12. The van der Waals surface area contributed by atoms with E-state index in [1.54, 1.807) is 11.3 Å². The molecule has 0 saturated carbocycles. The average molecular weight is 419 g/mol. The molecule has 1 aromatic heterocycles. The molecule has 2 atom stereocenters. The van der Waals surface area contributed by atoms with Crippen molar-refractivity contribution in [3.63, 3.8) is 0 Å². The summed E-state index contributed by atoms with van der Waals surface area (Å²) in [5.74, 6) is 0.749. The van der Waals surface area contributed by atoms with Crippen molar-refractivity contribution >= 4 is 38.2 Å². The smallest absolute Gasteiger partial charge is 0.256 e. The number of hydrogen-bond acceptors (Lipinski definition) is 3. The number of thiophene rings is 1. The molecule has 2 N–H and O–H groups in total. The maximum Gasteiger partial charge on any atom is 0.256 e. The molecule has 1 aliphatic heterocycles. The van der Waals surface area contributed by atoms with Gasteiger partial charge in [-0.05, 0) is 53.9 Å². The molecule has 0 unspecified atom stereocenters. The van der Waals surface area contributed by atoms with Crippen LogP contribution in [0.25, 0.3) is 0 Å². The molecule has 2 aliphatic rings. The van der Waals surface area contributed by atoms with Crippen molar-refractivity contribution in [3.05, 3.63) is 50.3 Å². The van der Waals surface area contributed by atoms with Crippen LogP contribution in [0.4, 0.5) is 5.00 Å². The maximum atomic E-state index is 12.8. The summed E-state index contributed by atoms with van der Waals surface area (Å²) < 4.78 is 1.04. The molecular formula is C20H23BrN2OS. The number of carbonyl (C=O) groups is 1. The van der Waals surface area contributed by atoms with Gasteiger partial charge in [-0.3, -0.25) is 4.79 Å². The van der Waals surface area contributed by atoms with Gasteiger partial charge in [-0.25, -0.2) is 0 Å². The number of halogens is 1. The zero-order valence-electron chi connectivity index (χ0n) is 14.8. The van der Waals surface area contributed by atoms with Crippen LogP contribution in [-0.4, -0.2) is 5.91 Å². The van der Waals surface area contributed by atoms with Gasteiger partial charge in [-0.1, -0.05) is 48.8 Å². The first-order chi connectivity index (χ1) is 11.8. The summed E-state index contributed by atoms with van der Waals surface area (Å²) in [6.45, 7) is 6.97. The number of benzene rings is 1. The lowest BCUT2D eigenvalue weighted by Crippen LogP contribution is -2.38. The van der Waals surface area contributed by atoms with Crippen molar-refractivity contribution in [1.82, 2.24) is 5.32 Å². The molecule has 1 aromatic carbocycles. The Balaban J connectivity index is 1.64. The van der Waals surface area contributed by atoms with Gasteiger partial charge in [0.1, 0.15) is 11.2 Å². The summed E-state index contributed by atoms with van der Waals surface area (Å²) in [6.07, 6.45) is 3.12. The molecule has 0 bridgehead atoms. The van der Waals surface area contributed by atoms with Gasteiger partial charge in [0.15, 0.2) is 0 Å². The average Bonchev–Trinajstić information content (AvgIpc) is 2.92. The van der Waals surface area contributed by atoms with Crippen LogP contribution in [0.2, 0.25) is 0 Å². The zero-order valence-corrected chi connectivity index (χ0v) is 17.2. The van der Waals surface area contributed by atoms with Crippen molar-refractivity contribution in [1.29, 1.82) is 0 Å². The quantitative estimate of drug-likeness (QED) is 0.640. The highest BCUT2D eigenvalue weighted by Gasteiger charge is 2.36. The Morgan fingerprint density at radius 2 is 1.88 bits per heavy atom. The van der Waals surface area contributed by atoms with Crippen LogP contribution in [-0.2, 0) is 12.8 Å². The highest BCUT2D eigenvalue weighted by Crippen LogP contribution is 2.46. The SMILES string of the molecule is CC(C)(C)[C@H]1CCc2c(sc3c2C(=O)N[C@H](c2ccc(Br)cc2)N3)C1. The van der Waals surface area contributed by atoms with E-state index in [0.717, 1.165) is 33.4 Å². The Labute approximate surface area is 161 Å². The van der Waals surface area contributed by atoms with E-state index in [9.17, 15) is 4.79 Å². The van der Waals surface area contributed by atoms with Gasteiger partial charge in [0, 0.05) is 9.35 Å². The third kappa shape index (κ3) is 3.13. The van der Waals surface area contributed by atoms with Crippen molar-refractivity contribution < 1.29 is 4.79 Å². The first kappa shape index (κ1) is 17.1. The minimum absolute atomic E-state index is 0.0633. The highest BCUT2D eigenvalue weighted by atomic mass is 79.9. The number of rotatable bonds is 1. The monoisotopic (exact) mass is 418 g/mol. The largest absolute Gasteiger partial charge is 0.353 e. The normalized spacial score (nSPS) is 22.6. The van der Waals surface area contributed by atoms with Gasteiger partial charge in [0.25, 0.3) is 5.91 Å². The van der Waals surface area contributed by atoms with Crippen LogP contribution in [0.15, 0.2) is 28.7 Å². The molecule has 1 aliphatic carbocycles. The molecule has 0 radical (unpaired) electrons. The second kappa shape index (κ2) is 6.13. The first-order valence-electron chi connectivity index (χ1n) is 8.80. The molecule has 0 fully saturated rings. The molecule has 2 aromatic rings. The fraction of sp³-hybridized carbons (Fsp3) is 0.450. The number of carbonyl (C=O) groups excluding carboxylic acids is 1. The molecule has 2 heterocycles. The molecule has 0 spiro atoms. The van der Waals surface area contributed by atoms with Crippen molar-refractivity contribution in [2.75, 3.05) is 5.32 Å². The van der Waals surface area contributed by atoms with E-state index in [4.69, 9.17) is 0 Å². The lowest BCUT2D eigenvalue weighted by atomic mass is 9.72. The second-order valence-corrected chi connectivity index (χ2v) is 10.1. The molecular weight excluding hydrogens is 396 g/mol. The maximum absolute atomic E-state index is 12.8. The minimum Gasteiger partial charge on any atom is -0.353 e. The van der Waals surface area contributed by atoms with Crippen LogP contribution in [0, 0.1) is 11.3 Å². The van der Waals surface area contributed by atoms with E-state index >= 15 is 0 Å². The predicted octanol–water partition coefficient (Wildman–Crippen LogP) is 5.52. The van der Waals surface area contributed by atoms with Crippen molar-refractivity contribution in [3.8, 4) is 0 Å². The van der Waals surface area contributed by atoms with E-state index in [2.05, 4.69) is 47.3 Å². The van der Waals surface area contributed by atoms with Crippen molar-refractivity contribution in [2.24, 2.45) is 11.3 Å². The fourth-order valence-electron chi connectivity index (χ4n) is 3.86. The molecule has 5 heteroatoms. The number of nitrogens with one attached hydrogen (secondary N) is 2. The Bertz CT molecular complexity index is 819. The summed E-state index contributed by atoms with van der Waals surface area (Å²) in [5.41, 5.74) is 3.55. The minimum atomic E-state index is -0.161. The van der Waals surface area contributed by atoms with Gasteiger partial charge < -0.3 is 10.6 Å². The van der Waals surface area contributed by atoms with Crippen LogP contribution in [0.1, 0.15) is 59.7 Å². The highest BCUT2D eigenvalue weighted by molar-refractivity contribution is 9.10. The van der Waals surface area contributed by atoms with Gasteiger partial charge in [0.2, 0.25) is 0 Å². The Morgan fingerprint density at radius 1 is 1.16 bits per heavy atom. The number of hydrogen-bond donors (Lipinski definition) is 2. The summed E-state index contributed by atoms with van der Waals surface area (Å²) in [6, 6.07) is 8.09. The Hall–Kier alpha value is -1.33. The van der Waals surface area contributed by atoms with E-state index < -0.39 is 0 Å². The van der Waals surface area contributed by atoms with Crippen LogP contribution in [0.5, 0.6) is 0 Å². The predicted molar refractivity (Wildman–Crippen MR) is 107 cm³/mol. The molecule has 25 heavy (non-hydrogen) atoms. The number of anilines is 1. The first-order valence-corrected chi connectivity index (χ1v) is 10.4. The van der Waals surface area contributed by atoms with Crippen LogP contribution >= 0.6 is 27.3 Å². The lowest BCUT2D eigenvalue weighted by molar-refractivity contribution is 0.0935. The third-order valence-corrected chi connectivity index (χ3v) is 7.19. The lowest BCUT2D eigenvalue weighted by Gasteiger charge is -2.34. The van der Waals surface area contributed by atoms with Crippen LogP contribution in [0.3, 0.4) is 0 Å². The van der Waals surface area contributed by atoms with E-state index in [1.807, 2.05) is 24.3 Å². The summed E-state index contributed by atoms with van der Waals surface area (Å²) in [5, 5.41) is 7.71. The summed E-state index contributed by atoms with van der Waals surface area (Å²) in [4.78, 5) is 14.2. The Morgan fingerprint density at radius 3 is 2.56 bits per heavy atom. The Kier molecular flexibility index (Phi) is 4.19. The topological polar surface area (TPSA) is 41.1 Å². The van der Waals surface area contributed by atoms with Gasteiger partial charge in [0.05, 0.1) is 5.56 Å². The standard InChI is InChI=1S/C20H23BrN2OS/c1-20(2,3)12-6-9-14-15(10-12)25-19-16(14)18(24)22-17(23-19)11-4-7-13(21)8-5-11/h4-5,7-8,12,17,23H,6,9-10H2,1-3H3,(H,22,24)/t12-,17-/m0/s1. The molecule has 4 rings (SSSR count). The zero-order chi connectivity index (χ0) is 17.8. The van der Waals surface area contributed by atoms with Gasteiger partial charge >= 0.3 is 0 Å². The van der Waals surface area contributed by atoms with Crippen molar-refractivity contribution in [2.45, 2.75) is 46.2 Å². The third-order valence-electron chi connectivity index (χ3n) is 5.47. The van der Waals surface area contributed by atoms with E-state index in [-0.39, 0.29) is 12.1 Å². The van der Waals surface area contributed by atoms with E-state index in [0.29, 0.717) is 11.3 Å². The summed E-state index contributed by atoms with van der Waals surface area (Å²) in [7, 11) is 0.